The van der Waals surface area contributed by atoms with E-state index < -0.39 is 11.9 Å². The molecular formula is C20H20N2O4. The van der Waals surface area contributed by atoms with Gasteiger partial charge in [0.25, 0.3) is 0 Å². The molecule has 0 saturated heterocycles. The molecule has 0 N–H and O–H groups in total. The standard InChI is InChI=1S/C20H20N2O4/c1-15(17-9-5-3-6-10-17)21-25-19(23)13-14-20(24)26-22-16(2)18-11-7-4-8-12-18/h3-12H,13-14H2,1-2H3. The number of carbonyl (C=O) groups is 2. The van der Waals surface area contributed by atoms with Crippen LogP contribution in [-0.4, -0.2) is 23.4 Å². The molecule has 6 nitrogen and oxygen atoms in total. The zero-order valence-corrected chi connectivity index (χ0v) is 14.7. The maximum absolute atomic E-state index is 11.7. The Hall–Kier alpha value is -3.28. The third-order valence-corrected chi connectivity index (χ3v) is 3.49. The number of oxime groups is 2. The van der Waals surface area contributed by atoms with E-state index >= 15 is 0 Å². The van der Waals surface area contributed by atoms with E-state index in [1.54, 1.807) is 13.8 Å². The summed E-state index contributed by atoms with van der Waals surface area (Å²) in [7, 11) is 0. The van der Waals surface area contributed by atoms with Crippen LogP contribution in [0.15, 0.2) is 71.0 Å². The zero-order chi connectivity index (χ0) is 18.8. The molecule has 0 radical (unpaired) electrons. The van der Waals surface area contributed by atoms with Crippen LogP contribution in [0.3, 0.4) is 0 Å². The van der Waals surface area contributed by atoms with Gasteiger partial charge in [0.1, 0.15) is 0 Å². The first-order valence-electron chi connectivity index (χ1n) is 8.16. The van der Waals surface area contributed by atoms with Crippen molar-refractivity contribution in [1.29, 1.82) is 0 Å². The largest absolute Gasteiger partial charge is 0.335 e. The second kappa shape index (κ2) is 9.88. The lowest BCUT2D eigenvalue weighted by Crippen LogP contribution is -2.08. The maximum atomic E-state index is 11.7. The minimum absolute atomic E-state index is 0.135. The number of rotatable bonds is 7. The molecule has 0 bridgehead atoms. The molecule has 2 rings (SSSR count). The van der Waals surface area contributed by atoms with Crippen LogP contribution in [0.5, 0.6) is 0 Å². The molecule has 0 heterocycles. The van der Waals surface area contributed by atoms with Crippen molar-refractivity contribution in [3.8, 4) is 0 Å². The quantitative estimate of drug-likeness (QED) is 0.432. The number of carbonyl (C=O) groups excluding carboxylic acids is 2. The first kappa shape index (κ1) is 19.1. The van der Waals surface area contributed by atoms with Gasteiger partial charge in [0, 0.05) is 0 Å². The number of nitrogens with zero attached hydrogens (tertiary/aromatic N) is 2. The monoisotopic (exact) mass is 352 g/mol. The average Bonchev–Trinajstić information content (AvgIpc) is 2.69. The highest BCUT2D eigenvalue weighted by Crippen LogP contribution is 2.04. The van der Waals surface area contributed by atoms with Crippen LogP contribution < -0.4 is 0 Å². The highest BCUT2D eigenvalue weighted by atomic mass is 16.7. The molecule has 134 valence electrons. The number of benzene rings is 2. The van der Waals surface area contributed by atoms with Crippen LogP contribution >= 0.6 is 0 Å². The molecule has 0 aromatic heterocycles. The Bertz CT molecular complexity index is 730. The molecule has 0 aliphatic heterocycles. The molecular weight excluding hydrogens is 332 g/mol. The molecule has 0 unspecified atom stereocenters. The van der Waals surface area contributed by atoms with Gasteiger partial charge in [-0.2, -0.15) is 0 Å². The van der Waals surface area contributed by atoms with Crippen LogP contribution in [0.1, 0.15) is 37.8 Å². The lowest BCUT2D eigenvalue weighted by atomic mass is 10.1. The predicted octanol–water partition coefficient (Wildman–Crippen LogP) is 3.70. The van der Waals surface area contributed by atoms with Crippen molar-refractivity contribution in [2.75, 3.05) is 0 Å². The van der Waals surface area contributed by atoms with E-state index in [9.17, 15) is 9.59 Å². The fourth-order valence-electron chi connectivity index (χ4n) is 2.00. The summed E-state index contributed by atoms with van der Waals surface area (Å²) in [6.45, 7) is 3.47. The van der Waals surface area contributed by atoms with Gasteiger partial charge >= 0.3 is 11.9 Å². The molecule has 2 aromatic carbocycles. The fourth-order valence-corrected chi connectivity index (χ4v) is 2.00. The summed E-state index contributed by atoms with van der Waals surface area (Å²) < 4.78 is 0. The Morgan fingerprint density at radius 1 is 0.692 bits per heavy atom. The smallest absolute Gasteiger partial charge is 0.318 e. The van der Waals surface area contributed by atoms with Gasteiger partial charge in [-0.25, -0.2) is 9.59 Å². The van der Waals surface area contributed by atoms with Gasteiger partial charge in [0.15, 0.2) is 0 Å². The summed E-state index contributed by atoms with van der Waals surface area (Å²) in [4.78, 5) is 33.0. The molecule has 0 fully saturated rings. The predicted molar refractivity (Wildman–Crippen MR) is 98.7 cm³/mol. The van der Waals surface area contributed by atoms with E-state index in [0.29, 0.717) is 11.4 Å². The lowest BCUT2D eigenvalue weighted by Gasteiger charge is -2.02. The number of hydrogen-bond acceptors (Lipinski definition) is 6. The Morgan fingerprint density at radius 3 is 1.38 bits per heavy atom. The maximum Gasteiger partial charge on any atom is 0.335 e. The minimum atomic E-state index is -0.610. The summed E-state index contributed by atoms with van der Waals surface area (Å²) in [5.41, 5.74) is 2.85. The molecule has 0 aliphatic carbocycles. The molecule has 0 atom stereocenters. The van der Waals surface area contributed by atoms with E-state index in [1.165, 1.54) is 0 Å². The SMILES string of the molecule is CC(=NOC(=O)CCC(=O)ON=C(C)c1ccccc1)c1ccccc1. The van der Waals surface area contributed by atoms with Gasteiger partial charge in [-0.1, -0.05) is 71.0 Å². The second-order valence-corrected chi connectivity index (χ2v) is 5.51. The lowest BCUT2D eigenvalue weighted by molar-refractivity contribution is -0.150. The summed E-state index contributed by atoms with van der Waals surface area (Å²) in [5, 5.41) is 7.55. The van der Waals surface area contributed by atoms with Gasteiger partial charge in [0.05, 0.1) is 24.3 Å². The van der Waals surface area contributed by atoms with Gasteiger partial charge < -0.3 is 9.68 Å². The summed E-state index contributed by atoms with van der Waals surface area (Å²) in [5.74, 6) is -1.22. The van der Waals surface area contributed by atoms with E-state index in [0.717, 1.165) is 11.1 Å². The third-order valence-electron chi connectivity index (χ3n) is 3.49. The highest BCUT2D eigenvalue weighted by molar-refractivity contribution is 5.99. The second-order valence-electron chi connectivity index (χ2n) is 5.51. The van der Waals surface area contributed by atoms with Crippen molar-refractivity contribution in [2.24, 2.45) is 10.3 Å². The van der Waals surface area contributed by atoms with Crippen molar-refractivity contribution >= 4 is 23.4 Å². The normalized spacial score (nSPS) is 11.8. The molecule has 0 saturated carbocycles. The van der Waals surface area contributed by atoms with E-state index in [1.807, 2.05) is 60.7 Å². The molecule has 0 spiro atoms. The zero-order valence-electron chi connectivity index (χ0n) is 14.7. The van der Waals surface area contributed by atoms with Crippen molar-refractivity contribution in [3.63, 3.8) is 0 Å². The Kier molecular flexibility index (Phi) is 7.24. The highest BCUT2D eigenvalue weighted by Gasteiger charge is 2.10. The first-order valence-corrected chi connectivity index (χ1v) is 8.16. The van der Waals surface area contributed by atoms with E-state index in [-0.39, 0.29) is 12.8 Å². The summed E-state index contributed by atoms with van der Waals surface area (Å²) in [6, 6.07) is 18.7. The summed E-state index contributed by atoms with van der Waals surface area (Å²) >= 11 is 0. The van der Waals surface area contributed by atoms with Crippen molar-refractivity contribution in [3.05, 3.63) is 71.8 Å². The van der Waals surface area contributed by atoms with E-state index in [2.05, 4.69) is 10.3 Å². The third kappa shape index (κ3) is 6.32. The molecule has 2 aromatic rings. The Morgan fingerprint density at radius 2 is 1.04 bits per heavy atom. The van der Waals surface area contributed by atoms with E-state index in [4.69, 9.17) is 9.68 Å². The first-order chi connectivity index (χ1) is 12.6. The van der Waals surface area contributed by atoms with Gasteiger partial charge in [-0.3, -0.25) is 0 Å². The topological polar surface area (TPSA) is 77.3 Å². The summed E-state index contributed by atoms with van der Waals surface area (Å²) in [6.07, 6.45) is -0.269. The van der Waals surface area contributed by atoms with Crippen LogP contribution in [0.4, 0.5) is 0 Å². The number of hydrogen-bond donors (Lipinski definition) is 0. The van der Waals surface area contributed by atoms with Crippen LogP contribution in [0.25, 0.3) is 0 Å². The van der Waals surface area contributed by atoms with Crippen molar-refractivity contribution in [1.82, 2.24) is 0 Å². The van der Waals surface area contributed by atoms with Crippen LogP contribution in [0, 0.1) is 0 Å². The molecule has 0 amide bonds. The van der Waals surface area contributed by atoms with Gasteiger partial charge in [-0.15, -0.1) is 0 Å². The fraction of sp³-hybridized carbons (Fsp3) is 0.200. The Balaban J connectivity index is 1.76. The molecule has 0 aliphatic rings. The molecule has 6 heteroatoms. The van der Waals surface area contributed by atoms with Gasteiger partial charge in [0.2, 0.25) is 0 Å². The van der Waals surface area contributed by atoms with Crippen molar-refractivity contribution in [2.45, 2.75) is 26.7 Å². The van der Waals surface area contributed by atoms with Crippen LogP contribution in [0.2, 0.25) is 0 Å². The van der Waals surface area contributed by atoms with Crippen LogP contribution in [-0.2, 0) is 19.3 Å². The average molecular weight is 352 g/mol. The van der Waals surface area contributed by atoms with Crippen molar-refractivity contribution < 1.29 is 19.3 Å². The molecule has 26 heavy (non-hydrogen) atoms. The van der Waals surface area contributed by atoms with Gasteiger partial charge in [-0.05, 0) is 25.0 Å². The minimum Gasteiger partial charge on any atom is -0.318 e. The Labute approximate surface area is 152 Å².